The standard InChI is InChI=1S/C16H24FN3O2.HI/c1-18-16(19-11-4-3-5-15(21)22-2)20-12-10-13-6-8-14(17)9-7-13;/h6-9H,3-5,10-12H2,1-2H3,(H2,18,19,20);1H. The number of esters is 1. The molecule has 0 aliphatic rings. The molecule has 5 nitrogen and oxygen atoms in total. The van der Waals surface area contributed by atoms with Gasteiger partial charge in [0.2, 0.25) is 0 Å². The van der Waals surface area contributed by atoms with Crippen LogP contribution in [0.15, 0.2) is 29.3 Å². The predicted molar refractivity (Wildman–Crippen MR) is 101 cm³/mol. The lowest BCUT2D eigenvalue weighted by Gasteiger charge is -2.11. The van der Waals surface area contributed by atoms with E-state index in [0.29, 0.717) is 13.0 Å². The molecule has 0 aromatic heterocycles. The number of nitrogens with one attached hydrogen (secondary N) is 2. The van der Waals surface area contributed by atoms with Crippen molar-refractivity contribution in [2.24, 2.45) is 4.99 Å². The van der Waals surface area contributed by atoms with Gasteiger partial charge in [-0.25, -0.2) is 4.39 Å². The first-order valence-corrected chi connectivity index (χ1v) is 7.41. The van der Waals surface area contributed by atoms with Gasteiger partial charge in [-0.2, -0.15) is 0 Å². The maximum absolute atomic E-state index is 12.8. The Morgan fingerprint density at radius 3 is 2.43 bits per heavy atom. The van der Waals surface area contributed by atoms with E-state index >= 15 is 0 Å². The van der Waals surface area contributed by atoms with E-state index in [1.807, 2.05) is 0 Å². The van der Waals surface area contributed by atoms with E-state index in [1.54, 1.807) is 19.2 Å². The molecule has 0 heterocycles. The Balaban J connectivity index is 0.00000484. The van der Waals surface area contributed by atoms with Crippen LogP contribution in [0.25, 0.3) is 0 Å². The first-order valence-electron chi connectivity index (χ1n) is 7.41. The van der Waals surface area contributed by atoms with Crippen molar-refractivity contribution in [3.8, 4) is 0 Å². The summed E-state index contributed by atoms with van der Waals surface area (Å²) in [7, 11) is 3.11. The van der Waals surface area contributed by atoms with Crippen molar-refractivity contribution in [3.63, 3.8) is 0 Å². The predicted octanol–water partition coefficient (Wildman–Crippen LogP) is 2.49. The lowest BCUT2D eigenvalue weighted by atomic mass is 10.1. The summed E-state index contributed by atoms with van der Waals surface area (Å²) in [6, 6.07) is 6.48. The number of ether oxygens (including phenoxy) is 1. The summed E-state index contributed by atoms with van der Waals surface area (Å²) in [6.45, 7) is 1.46. The largest absolute Gasteiger partial charge is 0.469 e. The zero-order chi connectivity index (χ0) is 16.2. The van der Waals surface area contributed by atoms with Gasteiger partial charge in [0.15, 0.2) is 5.96 Å². The van der Waals surface area contributed by atoms with Crippen LogP contribution in [0.3, 0.4) is 0 Å². The van der Waals surface area contributed by atoms with Crippen LogP contribution in [0.2, 0.25) is 0 Å². The Hall–Kier alpha value is -1.38. The van der Waals surface area contributed by atoms with Gasteiger partial charge in [-0.05, 0) is 37.0 Å². The Morgan fingerprint density at radius 2 is 1.83 bits per heavy atom. The molecule has 1 aromatic carbocycles. The molecule has 130 valence electrons. The highest BCUT2D eigenvalue weighted by atomic mass is 127. The number of carbonyl (C=O) groups excluding carboxylic acids is 1. The highest BCUT2D eigenvalue weighted by Crippen LogP contribution is 2.02. The molecule has 0 aliphatic heterocycles. The van der Waals surface area contributed by atoms with Gasteiger partial charge in [0.25, 0.3) is 0 Å². The number of carbonyl (C=O) groups is 1. The number of methoxy groups -OCH3 is 1. The normalized spacial score (nSPS) is 10.7. The van der Waals surface area contributed by atoms with Gasteiger partial charge in [0, 0.05) is 26.6 Å². The number of guanidine groups is 1. The number of halogens is 2. The van der Waals surface area contributed by atoms with E-state index < -0.39 is 0 Å². The maximum atomic E-state index is 12.8. The fraction of sp³-hybridized carbons (Fsp3) is 0.500. The molecule has 23 heavy (non-hydrogen) atoms. The monoisotopic (exact) mass is 437 g/mol. The lowest BCUT2D eigenvalue weighted by Crippen LogP contribution is -2.38. The SMILES string of the molecule is CN=C(NCCCCC(=O)OC)NCCc1ccc(F)cc1.I. The van der Waals surface area contributed by atoms with Crippen LogP contribution < -0.4 is 10.6 Å². The van der Waals surface area contributed by atoms with E-state index in [2.05, 4.69) is 20.4 Å². The molecular formula is C16H25FIN3O2. The number of hydrogen-bond donors (Lipinski definition) is 2. The van der Waals surface area contributed by atoms with E-state index in [-0.39, 0.29) is 35.8 Å². The van der Waals surface area contributed by atoms with Gasteiger partial charge in [0.1, 0.15) is 5.82 Å². The second kappa shape index (κ2) is 13.1. The van der Waals surface area contributed by atoms with Crippen molar-refractivity contribution in [1.29, 1.82) is 0 Å². The van der Waals surface area contributed by atoms with Crippen LogP contribution >= 0.6 is 24.0 Å². The average Bonchev–Trinajstić information content (AvgIpc) is 2.54. The first-order chi connectivity index (χ1) is 10.7. The van der Waals surface area contributed by atoms with Gasteiger partial charge in [-0.3, -0.25) is 9.79 Å². The third kappa shape index (κ3) is 10.1. The van der Waals surface area contributed by atoms with E-state index in [9.17, 15) is 9.18 Å². The summed E-state index contributed by atoms with van der Waals surface area (Å²) in [5, 5.41) is 6.38. The summed E-state index contributed by atoms with van der Waals surface area (Å²) in [6.07, 6.45) is 2.89. The third-order valence-electron chi connectivity index (χ3n) is 3.17. The number of unbranched alkanes of at least 4 members (excludes halogenated alkanes) is 1. The molecule has 0 bridgehead atoms. The minimum absolute atomic E-state index is 0. The molecule has 0 saturated heterocycles. The van der Waals surface area contributed by atoms with Gasteiger partial charge < -0.3 is 15.4 Å². The second-order valence-electron chi connectivity index (χ2n) is 4.84. The summed E-state index contributed by atoms with van der Waals surface area (Å²) >= 11 is 0. The topological polar surface area (TPSA) is 62.7 Å². The molecule has 0 amide bonds. The molecule has 0 radical (unpaired) electrons. The molecule has 0 aliphatic carbocycles. The number of benzene rings is 1. The van der Waals surface area contributed by atoms with Crippen molar-refractivity contribution in [2.45, 2.75) is 25.7 Å². The molecule has 0 atom stereocenters. The zero-order valence-electron chi connectivity index (χ0n) is 13.6. The van der Waals surface area contributed by atoms with Crippen LogP contribution in [0.4, 0.5) is 4.39 Å². The smallest absolute Gasteiger partial charge is 0.305 e. The molecule has 7 heteroatoms. The quantitative estimate of drug-likeness (QED) is 0.216. The Bertz CT molecular complexity index is 481. The average molecular weight is 437 g/mol. The molecule has 1 rings (SSSR count). The number of aliphatic imine (C=N–C) groups is 1. The van der Waals surface area contributed by atoms with Crippen molar-refractivity contribution >= 4 is 35.9 Å². The third-order valence-corrected chi connectivity index (χ3v) is 3.17. The number of nitrogens with zero attached hydrogens (tertiary/aromatic N) is 1. The van der Waals surface area contributed by atoms with Crippen LogP contribution in [0, 0.1) is 5.82 Å². The van der Waals surface area contributed by atoms with E-state index in [1.165, 1.54) is 19.2 Å². The van der Waals surface area contributed by atoms with Crippen LogP contribution in [-0.2, 0) is 16.0 Å². The fourth-order valence-corrected chi connectivity index (χ4v) is 1.90. The maximum Gasteiger partial charge on any atom is 0.305 e. The van der Waals surface area contributed by atoms with Crippen LogP contribution in [-0.4, -0.2) is 39.2 Å². The van der Waals surface area contributed by atoms with Crippen molar-refractivity contribution in [3.05, 3.63) is 35.6 Å². The highest BCUT2D eigenvalue weighted by molar-refractivity contribution is 14.0. The summed E-state index contributed by atoms with van der Waals surface area (Å²) < 4.78 is 17.4. The molecular weight excluding hydrogens is 412 g/mol. The highest BCUT2D eigenvalue weighted by Gasteiger charge is 2.01. The number of hydrogen-bond acceptors (Lipinski definition) is 3. The van der Waals surface area contributed by atoms with Crippen molar-refractivity contribution < 1.29 is 13.9 Å². The summed E-state index contributed by atoms with van der Waals surface area (Å²) in [5.74, 6) is 0.322. The van der Waals surface area contributed by atoms with Crippen molar-refractivity contribution in [1.82, 2.24) is 10.6 Å². The van der Waals surface area contributed by atoms with Crippen LogP contribution in [0.1, 0.15) is 24.8 Å². The van der Waals surface area contributed by atoms with Gasteiger partial charge in [-0.15, -0.1) is 24.0 Å². The van der Waals surface area contributed by atoms with E-state index in [4.69, 9.17) is 0 Å². The molecule has 1 aromatic rings. The minimum atomic E-state index is -0.221. The Kier molecular flexibility index (Phi) is 12.3. The van der Waals surface area contributed by atoms with E-state index in [0.717, 1.165) is 37.3 Å². The molecule has 0 unspecified atom stereocenters. The Morgan fingerprint density at radius 1 is 1.17 bits per heavy atom. The second-order valence-corrected chi connectivity index (χ2v) is 4.84. The minimum Gasteiger partial charge on any atom is -0.469 e. The first kappa shape index (κ1) is 21.6. The van der Waals surface area contributed by atoms with Crippen LogP contribution in [0.5, 0.6) is 0 Å². The summed E-state index contributed by atoms with van der Waals surface area (Å²) in [4.78, 5) is 15.1. The molecule has 2 N–H and O–H groups in total. The molecule has 0 spiro atoms. The van der Waals surface area contributed by atoms with Gasteiger partial charge in [-0.1, -0.05) is 12.1 Å². The molecule has 0 saturated carbocycles. The zero-order valence-corrected chi connectivity index (χ0v) is 15.9. The molecule has 0 fully saturated rings. The number of rotatable bonds is 8. The fourth-order valence-electron chi connectivity index (χ4n) is 1.90. The van der Waals surface area contributed by atoms with Gasteiger partial charge >= 0.3 is 5.97 Å². The lowest BCUT2D eigenvalue weighted by molar-refractivity contribution is -0.140. The Labute approximate surface area is 154 Å². The van der Waals surface area contributed by atoms with Gasteiger partial charge in [0.05, 0.1) is 7.11 Å². The summed E-state index contributed by atoms with van der Waals surface area (Å²) in [5.41, 5.74) is 1.07. The van der Waals surface area contributed by atoms with Crippen molar-refractivity contribution in [2.75, 3.05) is 27.2 Å².